The molecule has 1 N–H and O–H groups in total. The predicted octanol–water partition coefficient (Wildman–Crippen LogP) is 4.62. The third-order valence-electron chi connectivity index (χ3n) is 2.41. The van der Waals surface area contributed by atoms with Crippen LogP contribution in [0.4, 0.5) is 10.1 Å². The third-order valence-corrected chi connectivity index (χ3v) is 2.94. The van der Waals surface area contributed by atoms with Crippen LogP contribution in [-0.2, 0) is 0 Å². The second kappa shape index (κ2) is 6.64. The maximum atomic E-state index is 12.8. The molecule has 0 aliphatic rings. The molecular formula is C14H12Cl2FNO. The summed E-state index contributed by atoms with van der Waals surface area (Å²) in [7, 11) is 0. The maximum absolute atomic E-state index is 12.8. The van der Waals surface area contributed by atoms with Crippen LogP contribution in [0.1, 0.15) is 0 Å². The highest BCUT2D eigenvalue weighted by Crippen LogP contribution is 2.24. The van der Waals surface area contributed by atoms with E-state index in [0.717, 1.165) is 5.69 Å². The van der Waals surface area contributed by atoms with Crippen LogP contribution >= 0.6 is 23.2 Å². The van der Waals surface area contributed by atoms with Gasteiger partial charge in [0.15, 0.2) is 0 Å². The van der Waals surface area contributed by atoms with Crippen molar-refractivity contribution in [3.63, 3.8) is 0 Å². The average molecular weight is 300 g/mol. The summed E-state index contributed by atoms with van der Waals surface area (Å²) in [5.41, 5.74) is 0.918. The van der Waals surface area contributed by atoms with Gasteiger partial charge in [0.25, 0.3) is 0 Å². The van der Waals surface area contributed by atoms with Gasteiger partial charge >= 0.3 is 0 Å². The van der Waals surface area contributed by atoms with Crippen molar-refractivity contribution in [2.45, 2.75) is 0 Å². The Morgan fingerprint density at radius 2 is 1.95 bits per heavy atom. The Labute approximate surface area is 121 Å². The summed E-state index contributed by atoms with van der Waals surface area (Å²) in [5, 5.41) is 4.10. The standard InChI is InChI=1S/C14H12Cl2FNO/c15-10-2-1-3-12(8-10)18-6-7-19-14-5-4-11(17)9-13(14)16/h1-5,8-9,18H,6-7H2. The van der Waals surface area contributed by atoms with E-state index in [4.69, 9.17) is 27.9 Å². The number of hydrogen-bond acceptors (Lipinski definition) is 2. The molecule has 19 heavy (non-hydrogen) atoms. The Balaban J connectivity index is 1.81. The molecule has 2 aromatic rings. The van der Waals surface area contributed by atoms with Crippen LogP contribution in [0.2, 0.25) is 10.0 Å². The monoisotopic (exact) mass is 299 g/mol. The minimum atomic E-state index is -0.380. The molecule has 0 bridgehead atoms. The molecule has 100 valence electrons. The molecule has 2 rings (SSSR count). The van der Waals surface area contributed by atoms with Gasteiger partial charge in [0.05, 0.1) is 5.02 Å². The first-order valence-corrected chi connectivity index (χ1v) is 6.48. The number of halogens is 3. The largest absolute Gasteiger partial charge is 0.490 e. The lowest BCUT2D eigenvalue weighted by atomic mass is 10.3. The quantitative estimate of drug-likeness (QED) is 0.813. The predicted molar refractivity (Wildman–Crippen MR) is 76.8 cm³/mol. The Morgan fingerprint density at radius 1 is 1.11 bits per heavy atom. The lowest BCUT2D eigenvalue weighted by molar-refractivity contribution is 0.332. The molecule has 0 fully saturated rings. The van der Waals surface area contributed by atoms with E-state index in [1.165, 1.54) is 18.2 Å². The van der Waals surface area contributed by atoms with E-state index in [1.54, 1.807) is 0 Å². The van der Waals surface area contributed by atoms with Gasteiger partial charge in [-0.1, -0.05) is 29.3 Å². The van der Waals surface area contributed by atoms with E-state index in [-0.39, 0.29) is 10.8 Å². The van der Waals surface area contributed by atoms with Crippen molar-refractivity contribution in [2.24, 2.45) is 0 Å². The Kier molecular flexibility index (Phi) is 4.88. The maximum Gasteiger partial charge on any atom is 0.138 e. The molecule has 0 radical (unpaired) electrons. The summed E-state index contributed by atoms with van der Waals surface area (Å²) < 4.78 is 18.3. The molecule has 0 unspecified atom stereocenters. The highest BCUT2D eigenvalue weighted by Gasteiger charge is 2.02. The molecule has 0 aliphatic carbocycles. The molecule has 0 aromatic heterocycles. The zero-order valence-corrected chi connectivity index (χ0v) is 11.5. The van der Waals surface area contributed by atoms with E-state index in [9.17, 15) is 4.39 Å². The van der Waals surface area contributed by atoms with E-state index in [2.05, 4.69) is 5.32 Å². The van der Waals surface area contributed by atoms with E-state index < -0.39 is 0 Å². The van der Waals surface area contributed by atoms with Crippen molar-refractivity contribution in [3.8, 4) is 5.75 Å². The minimum Gasteiger partial charge on any atom is -0.490 e. The van der Waals surface area contributed by atoms with Gasteiger partial charge in [0.1, 0.15) is 18.2 Å². The van der Waals surface area contributed by atoms with Gasteiger partial charge in [-0.05, 0) is 36.4 Å². The molecule has 0 aliphatic heterocycles. The van der Waals surface area contributed by atoms with Crippen molar-refractivity contribution >= 4 is 28.9 Å². The smallest absolute Gasteiger partial charge is 0.138 e. The number of nitrogens with one attached hydrogen (secondary N) is 1. The van der Waals surface area contributed by atoms with Gasteiger partial charge in [-0.25, -0.2) is 4.39 Å². The highest BCUT2D eigenvalue weighted by atomic mass is 35.5. The topological polar surface area (TPSA) is 21.3 Å². The van der Waals surface area contributed by atoms with Crippen LogP contribution in [0.15, 0.2) is 42.5 Å². The van der Waals surface area contributed by atoms with Crippen molar-refractivity contribution in [2.75, 3.05) is 18.5 Å². The van der Waals surface area contributed by atoms with Crippen LogP contribution in [0.5, 0.6) is 5.75 Å². The number of hydrogen-bond donors (Lipinski definition) is 1. The third kappa shape index (κ3) is 4.30. The van der Waals surface area contributed by atoms with Gasteiger partial charge in [-0.3, -0.25) is 0 Å². The Morgan fingerprint density at radius 3 is 2.68 bits per heavy atom. The van der Waals surface area contributed by atoms with Crippen molar-refractivity contribution in [1.29, 1.82) is 0 Å². The second-order valence-corrected chi connectivity index (χ2v) is 4.70. The molecule has 2 nitrogen and oxygen atoms in total. The number of rotatable bonds is 5. The first-order chi connectivity index (χ1) is 9.15. The fourth-order valence-corrected chi connectivity index (χ4v) is 1.96. The summed E-state index contributed by atoms with van der Waals surface area (Å²) in [6.45, 7) is 1.01. The zero-order chi connectivity index (χ0) is 13.7. The summed E-state index contributed by atoms with van der Waals surface area (Å²) in [5.74, 6) is 0.0883. The molecule has 0 spiro atoms. The van der Waals surface area contributed by atoms with Crippen LogP contribution < -0.4 is 10.1 Å². The first kappa shape index (κ1) is 14.0. The van der Waals surface area contributed by atoms with E-state index in [0.29, 0.717) is 23.9 Å². The Hall–Kier alpha value is -1.45. The average Bonchev–Trinajstić information content (AvgIpc) is 2.37. The van der Waals surface area contributed by atoms with Gasteiger partial charge < -0.3 is 10.1 Å². The zero-order valence-electron chi connectivity index (χ0n) is 10.00. The molecule has 0 heterocycles. The number of ether oxygens (including phenoxy) is 1. The van der Waals surface area contributed by atoms with Crippen LogP contribution in [0.3, 0.4) is 0 Å². The van der Waals surface area contributed by atoms with E-state index >= 15 is 0 Å². The van der Waals surface area contributed by atoms with E-state index in [1.807, 2.05) is 24.3 Å². The molecule has 0 amide bonds. The SMILES string of the molecule is Fc1ccc(OCCNc2cccc(Cl)c2)c(Cl)c1. The molecule has 0 atom stereocenters. The summed E-state index contributed by atoms with van der Waals surface area (Å²) in [6.07, 6.45) is 0. The summed E-state index contributed by atoms with van der Waals surface area (Å²) >= 11 is 11.7. The second-order valence-electron chi connectivity index (χ2n) is 3.86. The fraction of sp³-hybridized carbons (Fsp3) is 0.143. The highest BCUT2D eigenvalue weighted by molar-refractivity contribution is 6.32. The lowest BCUT2D eigenvalue weighted by Crippen LogP contribution is -2.11. The molecular weight excluding hydrogens is 288 g/mol. The fourth-order valence-electron chi connectivity index (χ4n) is 1.55. The normalized spacial score (nSPS) is 10.3. The van der Waals surface area contributed by atoms with Crippen LogP contribution in [-0.4, -0.2) is 13.2 Å². The number of anilines is 1. The summed E-state index contributed by atoms with van der Waals surface area (Å²) in [6, 6.07) is 11.5. The van der Waals surface area contributed by atoms with Gasteiger partial charge in [-0.15, -0.1) is 0 Å². The first-order valence-electron chi connectivity index (χ1n) is 5.72. The molecule has 0 saturated heterocycles. The minimum absolute atomic E-state index is 0.266. The van der Waals surface area contributed by atoms with Crippen LogP contribution in [0, 0.1) is 5.82 Å². The lowest BCUT2D eigenvalue weighted by Gasteiger charge is -2.10. The van der Waals surface area contributed by atoms with Crippen molar-refractivity contribution < 1.29 is 9.13 Å². The van der Waals surface area contributed by atoms with Gasteiger partial charge in [0.2, 0.25) is 0 Å². The molecule has 5 heteroatoms. The van der Waals surface area contributed by atoms with Crippen molar-refractivity contribution in [1.82, 2.24) is 0 Å². The molecule has 2 aromatic carbocycles. The molecule has 0 saturated carbocycles. The van der Waals surface area contributed by atoms with Crippen LogP contribution in [0.25, 0.3) is 0 Å². The Bertz CT molecular complexity index is 563. The van der Waals surface area contributed by atoms with Crippen molar-refractivity contribution in [3.05, 3.63) is 58.3 Å². The van der Waals surface area contributed by atoms with Gasteiger partial charge in [-0.2, -0.15) is 0 Å². The summed E-state index contributed by atoms with van der Waals surface area (Å²) in [4.78, 5) is 0. The van der Waals surface area contributed by atoms with Gasteiger partial charge in [0, 0.05) is 17.3 Å². The number of benzene rings is 2.